The first kappa shape index (κ1) is 33.8. The zero-order chi connectivity index (χ0) is 38.5. The summed E-state index contributed by atoms with van der Waals surface area (Å²) in [5.41, 5.74) is 15.4. The Morgan fingerprint density at radius 1 is 0.310 bits per heavy atom. The monoisotopic (exact) mass is 737 g/mol. The van der Waals surface area contributed by atoms with Crippen molar-refractivity contribution in [2.45, 2.75) is 5.41 Å². The van der Waals surface area contributed by atoms with Crippen molar-refractivity contribution in [3.05, 3.63) is 259 Å². The van der Waals surface area contributed by atoms with Crippen LogP contribution in [0.15, 0.2) is 237 Å². The molecule has 0 saturated carbocycles. The van der Waals surface area contributed by atoms with Crippen LogP contribution in [0, 0.1) is 0 Å². The summed E-state index contributed by atoms with van der Waals surface area (Å²) in [6.07, 6.45) is 0. The maximum Gasteiger partial charge on any atom is 0.0714 e. The van der Waals surface area contributed by atoms with Crippen LogP contribution in [-0.2, 0) is 5.41 Å². The van der Waals surface area contributed by atoms with Gasteiger partial charge in [0.15, 0.2) is 0 Å². The Kier molecular flexibility index (Phi) is 8.12. The zero-order valence-electron chi connectivity index (χ0n) is 32.0. The molecule has 0 amide bonds. The summed E-state index contributed by atoms with van der Waals surface area (Å²) in [6.45, 7) is 0. The van der Waals surface area contributed by atoms with E-state index in [9.17, 15) is 0 Å². The number of para-hydroxylation sites is 1. The first-order valence-electron chi connectivity index (χ1n) is 20.1. The molecule has 1 nitrogen and oxygen atoms in total. The minimum absolute atomic E-state index is 0.468. The molecule has 10 aromatic rings. The van der Waals surface area contributed by atoms with Crippen LogP contribution in [0.2, 0.25) is 0 Å². The average Bonchev–Trinajstić information content (AvgIpc) is 3.62. The van der Waals surface area contributed by atoms with Gasteiger partial charge in [-0.1, -0.05) is 200 Å². The van der Waals surface area contributed by atoms with Crippen LogP contribution >= 0.6 is 0 Å². The molecule has 0 radical (unpaired) electrons. The molecule has 0 unspecified atom stereocenters. The van der Waals surface area contributed by atoms with Gasteiger partial charge in [0, 0.05) is 16.9 Å². The van der Waals surface area contributed by atoms with E-state index in [1.54, 1.807) is 0 Å². The summed E-state index contributed by atoms with van der Waals surface area (Å²) in [5.74, 6) is 0. The summed E-state index contributed by atoms with van der Waals surface area (Å²) < 4.78 is 0. The van der Waals surface area contributed by atoms with Gasteiger partial charge in [-0.05, 0) is 108 Å². The Morgan fingerprint density at radius 2 is 0.810 bits per heavy atom. The van der Waals surface area contributed by atoms with Gasteiger partial charge in [0.1, 0.15) is 0 Å². The van der Waals surface area contributed by atoms with Crippen LogP contribution in [0.3, 0.4) is 0 Å². The lowest BCUT2D eigenvalue weighted by Gasteiger charge is -2.34. The van der Waals surface area contributed by atoms with Crippen LogP contribution in [0.5, 0.6) is 0 Å². The van der Waals surface area contributed by atoms with Crippen molar-refractivity contribution in [2.24, 2.45) is 0 Å². The van der Waals surface area contributed by atoms with E-state index in [2.05, 4.69) is 241 Å². The van der Waals surface area contributed by atoms with Crippen molar-refractivity contribution in [1.82, 2.24) is 0 Å². The van der Waals surface area contributed by atoms with Gasteiger partial charge in [-0.25, -0.2) is 0 Å². The van der Waals surface area contributed by atoms with Crippen molar-refractivity contribution >= 4 is 38.6 Å². The van der Waals surface area contributed by atoms with Gasteiger partial charge in [0.05, 0.1) is 11.1 Å². The standard InChI is InChI=1S/C57H39N/c1-4-16-46(17-5-1)57(47-18-6-2-7-19-47)53-24-13-12-23-52(53)56-54(57)25-14-26-55(56)58(48-20-8-3-9-21-48)49-36-33-41(34-37-49)40-27-29-42(30-28-40)44-35-38-51-45(39-44)32-31-43-15-10-11-22-50(43)51/h1-39H. The Hall–Kier alpha value is -7.48. The predicted octanol–water partition coefficient (Wildman–Crippen LogP) is 15.2. The summed E-state index contributed by atoms with van der Waals surface area (Å²) >= 11 is 0. The van der Waals surface area contributed by atoms with Crippen LogP contribution < -0.4 is 4.90 Å². The lowest BCUT2D eigenvalue weighted by atomic mass is 9.68. The fraction of sp³-hybridized carbons (Fsp3) is 0.0175. The molecule has 0 N–H and O–H groups in total. The molecule has 1 heteroatoms. The Bertz CT molecular complexity index is 3040. The first-order valence-corrected chi connectivity index (χ1v) is 20.1. The molecule has 0 saturated heterocycles. The number of hydrogen-bond donors (Lipinski definition) is 0. The van der Waals surface area contributed by atoms with E-state index in [-0.39, 0.29) is 0 Å². The third kappa shape index (κ3) is 5.39. The van der Waals surface area contributed by atoms with Crippen molar-refractivity contribution in [1.29, 1.82) is 0 Å². The highest BCUT2D eigenvalue weighted by Gasteiger charge is 2.47. The molecule has 0 aliphatic heterocycles. The molecule has 0 spiro atoms. The number of fused-ring (bicyclic) bond motifs is 6. The normalized spacial score (nSPS) is 12.6. The first-order chi connectivity index (χ1) is 28.8. The molecule has 11 rings (SSSR count). The summed E-state index contributed by atoms with van der Waals surface area (Å²) in [7, 11) is 0. The molecular formula is C57H39N. The lowest BCUT2D eigenvalue weighted by molar-refractivity contribution is 0.768. The molecule has 0 heterocycles. The molecule has 10 aromatic carbocycles. The van der Waals surface area contributed by atoms with Gasteiger partial charge >= 0.3 is 0 Å². The third-order valence-electron chi connectivity index (χ3n) is 12.1. The van der Waals surface area contributed by atoms with Crippen LogP contribution in [-0.4, -0.2) is 0 Å². The number of hydrogen-bond acceptors (Lipinski definition) is 1. The third-order valence-corrected chi connectivity index (χ3v) is 12.1. The molecule has 0 fully saturated rings. The summed E-state index contributed by atoms with van der Waals surface area (Å²) in [6, 6.07) is 86.7. The molecule has 1 aliphatic carbocycles. The van der Waals surface area contributed by atoms with Crippen molar-refractivity contribution < 1.29 is 0 Å². The van der Waals surface area contributed by atoms with Gasteiger partial charge in [-0.3, -0.25) is 0 Å². The highest BCUT2D eigenvalue weighted by molar-refractivity contribution is 6.08. The van der Waals surface area contributed by atoms with Crippen LogP contribution in [0.25, 0.3) is 54.9 Å². The quantitative estimate of drug-likeness (QED) is 0.147. The van der Waals surface area contributed by atoms with Gasteiger partial charge in [-0.2, -0.15) is 0 Å². The topological polar surface area (TPSA) is 3.24 Å². The van der Waals surface area contributed by atoms with E-state index in [0.29, 0.717) is 0 Å². The number of anilines is 3. The maximum atomic E-state index is 2.43. The van der Waals surface area contributed by atoms with Gasteiger partial charge in [-0.15, -0.1) is 0 Å². The van der Waals surface area contributed by atoms with Crippen LogP contribution in [0.1, 0.15) is 22.3 Å². The second-order valence-electron chi connectivity index (χ2n) is 15.2. The zero-order valence-corrected chi connectivity index (χ0v) is 32.0. The summed E-state index contributed by atoms with van der Waals surface area (Å²) in [4.78, 5) is 2.43. The second-order valence-corrected chi connectivity index (χ2v) is 15.2. The molecule has 272 valence electrons. The van der Waals surface area contributed by atoms with Crippen LogP contribution in [0.4, 0.5) is 17.1 Å². The Morgan fingerprint density at radius 3 is 1.52 bits per heavy atom. The minimum Gasteiger partial charge on any atom is -0.310 e. The highest BCUT2D eigenvalue weighted by Crippen LogP contribution is 2.59. The predicted molar refractivity (Wildman–Crippen MR) is 244 cm³/mol. The highest BCUT2D eigenvalue weighted by atomic mass is 15.1. The molecule has 0 bridgehead atoms. The number of nitrogens with zero attached hydrogens (tertiary/aromatic N) is 1. The van der Waals surface area contributed by atoms with E-state index in [4.69, 9.17) is 0 Å². The van der Waals surface area contributed by atoms with Crippen molar-refractivity contribution in [3.63, 3.8) is 0 Å². The van der Waals surface area contributed by atoms with Crippen molar-refractivity contribution in [2.75, 3.05) is 4.90 Å². The van der Waals surface area contributed by atoms with Gasteiger partial charge in [0.2, 0.25) is 0 Å². The number of rotatable bonds is 7. The largest absolute Gasteiger partial charge is 0.310 e. The maximum absolute atomic E-state index is 2.43. The van der Waals surface area contributed by atoms with Crippen molar-refractivity contribution in [3.8, 4) is 33.4 Å². The molecule has 1 aliphatic rings. The SMILES string of the molecule is c1ccc(N(c2ccc(-c3ccc(-c4ccc5c(ccc6ccccc65)c4)cc3)cc2)c2cccc3c2-c2ccccc2C3(c2ccccc2)c2ccccc2)cc1. The van der Waals surface area contributed by atoms with Gasteiger partial charge < -0.3 is 4.90 Å². The van der Waals surface area contributed by atoms with E-state index >= 15 is 0 Å². The molecule has 58 heavy (non-hydrogen) atoms. The summed E-state index contributed by atoms with van der Waals surface area (Å²) in [5, 5.41) is 5.12. The average molecular weight is 738 g/mol. The van der Waals surface area contributed by atoms with E-state index in [0.717, 1.165) is 17.1 Å². The molecule has 0 aromatic heterocycles. The van der Waals surface area contributed by atoms with E-state index in [1.807, 2.05) is 0 Å². The van der Waals surface area contributed by atoms with E-state index < -0.39 is 5.41 Å². The number of benzene rings is 10. The lowest BCUT2D eigenvalue weighted by Crippen LogP contribution is -2.28. The fourth-order valence-corrected chi connectivity index (χ4v) is 9.52. The Labute approximate surface area is 339 Å². The minimum atomic E-state index is -0.468. The van der Waals surface area contributed by atoms with E-state index in [1.165, 1.54) is 77.2 Å². The fourth-order valence-electron chi connectivity index (χ4n) is 9.52. The second kappa shape index (κ2) is 13.9. The Balaban J connectivity index is 0.999. The van der Waals surface area contributed by atoms with Gasteiger partial charge in [0.25, 0.3) is 0 Å². The molecular weight excluding hydrogens is 699 g/mol. The molecule has 0 atom stereocenters. The smallest absolute Gasteiger partial charge is 0.0714 e.